The second kappa shape index (κ2) is 9.79. The quantitative estimate of drug-likeness (QED) is 0.560. The molecule has 0 unspecified atom stereocenters. The summed E-state index contributed by atoms with van der Waals surface area (Å²) in [4.78, 5) is 18.3. The van der Waals surface area contributed by atoms with E-state index in [1.54, 1.807) is 11.3 Å². The van der Waals surface area contributed by atoms with E-state index in [0.717, 1.165) is 43.5 Å². The Morgan fingerprint density at radius 3 is 2.68 bits per heavy atom. The van der Waals surface area contributed by atoms with Gasteiger partial charge in [0.1, 0.15) is 0 Å². The molecule has 1 saturated carbocycles. The molecule has 1 saturated heterocycles. The first-order chi connectivity index (χ1) is 14.9. The molecule has 2 aromatic heterocycles. The van der Waals surface area contributed by atoms with E-state index in [4.69, 9.17) is 4.42 Å². The Bertz CT molecular complexity index is 967. The van der Waals surface area contributed by atoms with E-state index in [1.807, 2.05) is 27.3 Å². The molecule has 0 radical (unpaired) electrons. The highest BCUT2D eigenvalue weighted by atomic mass is 32.2. The van der Waals surface area contributed by atoms with E-state index in [0.29, 0.717) is 24.7 Å². The summed E-state index contributed by atoms with van der Waals surface area (Å²) in [6.45, 7) is 3.43. The van der Waals surface area contributed by atoms with Crippen LogP contribution in [0.2, 0.25) is 0 Å². The summed E-state index contributed by atoms with van der Waals surface area (Å²) in [5, 5.41) is 10.3. The molecule has 0 aromatic carbocycles. The summed E-state index contributed by atoms with van der Waals surface area (Å²) in [5.74, 6) is 1.27. The van der Waals surface area contributed by atoms with Gasteiger partial charge in [0.2, 0.25) is 11.8 Å². The van der Waals surface area contributed by atoms with Crippen LogP contribution in [0.1, 0.15) is 51.3 Å². The van der Waals surface area contributed by atoms with Gasteiger partial charge in [-0.15, -0.1) is 21.5 Å². The largest absolute Gasteiger partial charge is 0.419 e. The van der Waals surface area contributed by atoms with Crippen LogP contribution in [-0.2, 0) is 21.2 Å². The lowest BCUT2D eigenvalue weighted by molar-refractivity contribution is -0.137. The Morgan fingerprint density at radius 2 is 2.03 bits per heavy atom. The van der Waals surface area contributed by atoms with Crippen molar-refractivity contribution >= 4 is 27.1 Å². The smallest absolute Gasteiger partial charge is 0.257 e. The fourth-order valence-electron chi connectivity index (χ4n) is 4.69. The van der Waals surface area contributed by atoms with Crippen LogP contribution in [0.4, 0.5) is 0 Å². The van der Waals surface area contributed by atoms with Crippen LogP contribution in [0.3, 0.4) is 0 Å². The maximum atomic E-state index is 13.4. The standard InChI is InChI=1S/C21H30N4O4S2/c1-2-10-24(13-19-22-23-21(29-19)18-8-5-11-30-18)14-20(26)25(16-6-3-4-7-16)17-9-12-31(27,28)15-17/h5,8,11,16-17H,2-4,6-7,9-10,12-15H2,1H3/t17-/m0/s1. The van der Waals surface area contributed by atoms with Gasteiger partial charge in [-0.3, -0.25) is 9.69 Å². The Morgan fingerprint density at radius 1 is 1.23 bits per heavy atom. The first-order valence-electron chi connectivity index (χ1n) is 11.1. The van der Waals surface area contributed by atoms with E-state index in [2.05, 4.69) is 17.1 Å². The van der Waals surface area contributed by atoms with Crippen LogP contribution in [0.25, 0.3) is 10.8 Å². The SMILES string of the molecule is CCCN(CC(=O)N(C1CCCC1)[C@H]1CCS(=O)(=O)C1)Cc1nnc(-c2cccs2)o1. The van der Waals surface area contributed by atoms with E-state index in [1.165, 1.54) is 0 Å². The molecule has 170 valence electrons. The monoisotopic (exact) mass is 466 g/mol. The number of thiophene rings is 1. The molecule has 31 heavy (non-hydrogen) atoms. The third kappa shape index (κ3) is 5.53. The van der Waals surface area contributed by atoms with E-state index in [-0.39, 0.29) is 36.0 Å². The molecular weight excluding hydrogens is 436 g/mol. The third-order valence-electron chi connectivity index (χ3n) is 6.06. The molecule has 2 fully saturated rings. The normalized spacial score (nSPS) is 21.2. The molecule has 3 heterocycles. The Labute approximate surface area is 187 Å². The van der Waals surface area contributed by atoms with Gasteiger partial charge in [-0.25, -0.2) is 8.42 Å². The van der Waals surface area contributed by atoms with Gasteiger partial charge in [0, 0.05) is 12.1 Å². The predicted molar refractivity (Wildman–Crippen MR) is 119 cm³/mol. The first kappa shape index (κ1) is 22.4. The van der Waals surface area contributed by atoms with Crippen molar-refractivity contribution in [1.29, 1.82) is 0 Å². The Kier molecular flexibility index (Phi) is 7.08. The zero-order valence-electron chi connectivity index (χ0n) is 17.9. The minimum absolute atomic E-state index is 0.0143. The Hall–Kier alpha value is -1.78. The van der Waals surface area contributed by atoms with Gasteiger partial charge in [-0.1, -0.05) is 25.8 Å². The summed E-state index contributed by atoms with van der Waals surface area (Å²) < 4.78 is 30.0. The van der Waals surface area contributed by atoms with Gasteiger partial charge < -0.3 is 9.32 Å². The predicted octanol–water partition coefficient (Wildman–Crippen LogP) is 2.97. The van der Waals surface area contributed by atoms with Crippen molar-refractivity contribution in [3.63, 3.8) is 0 Å². The van der Waals surface area contributed by atoms with Crippen molar-refractivity contribution < 1.29 is 17.6 Å². The number of aromatic nitrogens is 2. The van der Waals surface area contributed by atoms with Crippen LogP contribution in [0, 0.1) is 0 Å². The number of hydrogen-bond acceptors (Lipinski definition) is 8. The molecule has 0 bridgehead atoms. The number of carbonyl (C=O) groups is 1. The molecule has 1 aliphatic heterocycles. The van der Waals surface area contributed by atoms with Gasteiger partial charge in [0.25, 0.3) is 5.89 Å². The number of sulfone groups is 1. The molecule has 0 N–H and O–H groups in total. The van der Waals surface area contributed by atoms with Gasteiger partial charge in [0.15, 0.2) is 9.84 Å². The lowest BCUT2D eigenvalue weighted by atomic mass is 10.1. The molecule has 4 rings (SSSR count). The summed E-state index contributed by atoms with van der Waals surface area (Å²) in [6, 6.07) is 3.83. The zero-order valence-corrected chi connectivity index (χ0v) is 19.5. The van der Waals surface area contributed by atoms with Gasteiger partial charge in [-0.2, -0.15) is 0 Å². The van der Waals surface area contributed by atoms with Gasteiger partial charge in [-0.05, 0) is 43.7 Å². The van der Waals surface area contributed by atoms with Crippen molar-refractivity contribution in [2.45, 2.75) is 64.1 Å². The van der Waals surface area contributed by atoms with E-state index < -0.39 is 9.84 Å². The average Bonchev–Trinajstić information content (AvgIpc) is 3.50. The molecule has 1 aliphatic carbocycles. The van der Waals surface area contributed by atoms with Crippen LogP contribution < -0.4 is 0 Å². The van der Waals surface area contributed by atoms with Crippen LogP contribution >= 0.6 is 11.3 Å². The minimum atomic E-state index is -3.05. The maximum absolute atomic E-state index is 13.4. The molecule has 10 heteroatoms. The van der Waals surface area contributed by atoms with Crippen LogP contribution in [0.15, 0.2) is 21.9 Å². The number of rotatable bonds is 9. The number of carbonyl (C=O) groups excluding carboxylic acids is 1. The number of nitrogens with zero attached hydrogens (tertiary/aromatic N) is 4. The van der Waals surface area contributed by atoms with Crippen molar-refractivity contribution in [2.75, 3.05) is 24.6 Å². The highest BCUT2D eigenvalue weighted by Crippen LogP contribution is 2.29. The third-order valence-corrected chi connectivity index (χ3v) is 8.67. The average molecular weight is 467 g/mol. The van der Waals surface area contributed by atoms with Crippen molar-refractivity contribution in [3.05, 3.63) is 23.4 Å². The highest BCUT2D eigenvalue weighted by Gasteiger charge is 2.39. The fourth-order valence-corrected chi connectivity index (χ4v) is 7.05. The topological polar surface area (TPSA) is 96.6 Å². The molecule has 2 aromatic rings. The zero-order chi connectivity index (χ0) is 21.8. The van der Waals surface area contributed by atoms with E-state index in [9.17, 15) is 13.2 Å². The molecule has 0 spiro atoms. The summed E-state index contributed by atoms with van der Waals surface area (Å²) >= 11 is 1.54. The summed E-state index contributed by atoms with van der Waals surface area (Å²) in [7, 11) is -3.05. The molecule has 1 atom stereocenters. The second-order valence-corrected chi connectivity index (χ2v) is 11.7. The second-order valence-electron chi connectivity index (χ2n) is 8.49. The van der Waals surface area contributed by atoms with Gasteiger partial charge >= 0.3 is 0 Å². The lowest BCUT2D eigenvalue weighted by Gasteiger charge is -2.35. The van der Waals surface area contributed by atoms with Crippen molar-refractivity contribution in [3.8, 4) is 10.8 Å². The minimum Gasteiger partial charge on any atom is -0.419 e. The summed E-state index contributed by atoms with van der Waals surface area (Å²) in [6.07, 6.45) is 5.56. The first-order valence-corrected chi connectivity index (χ1v) is 13.8. The van der Waals surface area contributed by atoms with Crippen LogP contribution in [0.5, 0.6) is 0 Å². The maximum Gasteiger partial charge on any atom is 0.257 e. The highest BCUT2D eigenvalue weighted by molar-refractivity contribution is 7.91. The Balaban J connectivity index is 1.45. The molecular formula is C21H30N4O4S2. The molecule has 2 aliphatic rings. The van der Waals surface area contributed by atoms with Crippen LogP contribution in [-0.4, -0.2) is 71.0 Å². The number of hydrogen-bond donors (Lipinski definition) is 0. The van der Waals surface area contributed by atoms with Crippen molar-refractivity contribution in [2.24, 2.45) is 0 Å². The number of amides is 1. The molecule has 1 amide bonds. The van der Waals surface area contributed by atoms with E-state index >= 15 is 0 Å². The van der Waals surface area contributed by atoms with Gasteiger partial charge in [0.05, 0.1) is 29.5 Å². The summed E-state index contributed by atoms with van der Waals surface area (Å²) in [5.41, 5.74) is 0. The molecule has 8 nitrogen and oxygen atoms in total. The van der Waals surface area contributed by atoms with Crippen molar-refractivity contribution in [1.82, 2.24) is 20.0 Å². The lowest BCUT2D eigenvalue weighted by Crippen LogP contribution is -2.50. The fraction of sp³-hybridized carbons (Fsp3) is 0.667.